The molecule has 3 aromatic rings. The van der Waals surface area contributed by atoms with Crippen molar-refractivity contribution in [3.63, 3.8) is 0 Å². The number of hydrogen-bond acceptors (Lipinski definition) is 5. The molecule has 1 heterocycles. The minimum Gasteiger partial charge on any atom is -0.493 e. The molecule has 1 amide bonds. The van der Waals surface area contributed by atoms with E-state index in [0.29, 0.717) is 23.6 Å². The molecule has 3 rings (SSSR count). The van der Waals surface area contributed by atoms with E-state index in [9.17, 15) is 14.4 Å². The van der Waals surface area contributed by atoms with Crippen LogP contribution < -0.4 is 26.0 Å². The zero-order valence-corrected chi connectivity index (χ0v) is 15.7. The summed E-state index contributed by atoms with van der Waals surface area (Å²) >= 11 is 0. The SMILES string of the molecule is COc1cc2[nH]c(=O)n(CCC(=O)NCc3ccccc3)c(=O)c2cc1OC. The van der Waals surface area contributed by atoms with Gasteiger partial charge in [0.2, 0.25) is 5.91 Å². The van der Waals surface area contributed by atoms with E-state index in [2.05, 4.69) is 10.3 Å². The van der Waals surface area contributed by atoms with Crippen LogP contribution in [-0.2, 0) is 17.9 Å². The first kappa shape index (κ1) is 19.2. The monoisotopic (exact) mass is 383 g/mol. The van der Waals surface area contributed by atoms with Gasteiger partial charge in [-0.3, -0.25) is 14.2 Å². The van der Waals surface area contributed by atoms with Gasteiger partial charge in [-0.05, 0) is 11.6 Å². The summed E-state index contributed by atoms with van der Waals surface area (Å²) in [5.74, 6) is 0.539. The lowest BCUT2D eigenvalue weighted by atomic mass is 10.2. The average Bonchev–Trinajstić information content (AvgIpc) is 2.72. The molecule has 0 aliphatic heterocycles. The summed E-state index contributed by atoms with van der Waals surface area (Å²) in [5, 5.41) is 3.06. The van der Waals surface area contributed by atoms with Crippen LogP contribution in [0.3, 0.4) is 0 Å². The molecule has 0 unspecified atom stereocenters. The second-order valence-electron chi connectivity index (χ2n) is 6.15. The minimum atomic E-state index is -0.583. The lowest BCUT2D eigenvalue weighted by Gasteiger charge is -2.11. The molecule has 0 fully saturated rings. The van der Waals surface area contributed by atoms with Gasteiger partial charge in [0, 0.05) is 25.6 Å². The molecule has 0 saturated carbocycles. The van der Waals surface area contributed by atoms with Gasteiger partial charge in [0.05, 0.1) is 25.1 Å². The Hall–Kier alpha value is -3.55. The second kappa shape index (κ2) is 8.43. The maximum Gasteiger partial charge on any atom is 0.328 e. The number of fused-ring (bicyclic) bond motifs is 1. The zero-order valence-electron chi connectivity index (χ0n) is 15.7. The van der Waals surface area contributed by atoms with Crippen molar-refractivity contribution in [3.8, 4) is 11.5 Å². The molecule has 0 bridgehead atoms. The summed E-state index contributed by atoms with van der Waals surface area (Å²) in [5.41, 5.74) is 0.242. The highest BCUT2D eigenvalue weighted by atomic mass is 16.5. The first-order valence-corrected chi connectivity index (χ1v) is 8.73. The molecular weight excluding hydrogens is 362 g/mol. The standard InChI is InChI=1S/C20H21N3O5/c1-27-16-10-14-15(11-17(16)28-2)22-20(26)23(19(14)25)9-8-18(24)21-12-13-6-4-3-5-7-13/h3-7,10-11H,8-9,12H2,1-2H3,(H,21,24)(H,22,26). The second-order valence-corrected chi connectivity index (χ2v) is 6.15. The molecule has 0 saturated heterocycles. The van der Waals surface area contributed by atoms with Crippen molar-refractivity contribution in [2.45, 2.75) is 19.5 Å². The van der Waals surface area contributed by atoms with Crippen molar-refractivity contribution in [2.24, 2.45) is 0 Å². The van der Waals surface area contributed by atoms with E-state index >= 15 is 0 Å². The molecule has 146 valence electrons. The van der Waals surface area contributed by atoms with Crippen molar-refractivity contribution < 1.29 is 14.3 Å². The fraction of sp³-hybridized carbons (Fsp3) is 0.250. The van der Waals surface area contributed by atoms with E-state index in [0.717, 1.165) is 10.1 Å². The number of hydrogen-bond donors (Lipinski definition) is 2. The number of aromatic nitrogens is 2. The number of H-pyrrole nitrogens is 1. The van der Waals surface area contributed by atoms with Gasteiger partial charge < -0.3 is 19.8 Å². The van der Waals surface area contributed by atoms with Crippen molar-refractivity contribution in [2.75, 3.05) is 14.2 Å². The summed E-state index contributed by atoms with van der Waals surface area (Å²) in [6, 6.07) is 12.5. The van der Waals surface area contributed by atoms with Gasteiger partial charge >= 0.3 is 5.69 Å². The Morgan fingerprint density at radius 1 is 1.07 bits per heavy atom. The molecule has 0 radical (unpaired) electrons. The first-order valence-electron chi connectivity index (χ1n) is 8.73. The van der Waals surface area contributed by atoms with Crippen LogP contribution in [0.5, 0.6) is 11.5 Å². The normalized spacial score (nSPS) is 10.6. The van der Waals surface area contributed by atoms with E-state index in [1.54, 1.807) is 0 Å². The van der Waals surface area contributed by atoms with Crippen LogP contribution in [-0.4, -0.2) is 29.7 Å². The maximum atomic E-state index is 12.7. The van der Waals surface area contributed by atoms with Crippen LogP contribution in [0.25, 0.3) is 10.9 Å². The summed E-state index contributed by atoms with van der Waals surface area (Å²) in [6.07, 6.45) is 0.00855. The van der Waals surface area contributed by atoms with Gasteiger partial charge in [-0.25, -0.2) is 4.79 Å². The molecule has 0 aliphatic rings. The Balaban J connectivity index is 1.78. The Labute approximate surface area is 160 Å². The van der Waals surface area contributed by atoms with Crippen LogP contribution in [0.1, 0.15) is 12.0 Å². The first-order chi connectivity index (χ1) is 13.5. The Kier molecular flexibility index (Phi) is 5.78. The molecule has 2 aromatic carbocycles. The topological polar surface area (TPSA) is 102 Å². The number of rotatable bonds is 7. The number of ether oxygens (including phenoxy) is 2. The summed E-state index contributed by atoms with van der Waals surface area (Å²) in [6.45, 7) is 0.360. The highest BCUT2D eigenvalue weighted by Gasteiger charge is 2.13. The molecular formula is C20H21N3O5. The third-order valence-corrected chi connectivity index (χ3v) is 4.38. The van der Waals surface area contributed by atoms with Crippen LogP contribution in [0.15, 0.2) is 52.1 Å². The highest BCUT2D eigenvalue weighted by Crippen LogP contribution is 2.29. The predicted molar refractivity (Wildman–Crippen MR) is 105 cm³/mol. The van der Waals surface area contributed by atoms with Crippen LogP contribution in [0, 0.1) is 0 Å². The Bertz CT molecular complexity index is 1100. The van der Waals surface area contributed by atoms with Gasteiger partial charge in [-0.2, -0.15) is 0 Å². The number of carbonyl (C=O) groups is 1. The van der Waals surface area contributed by atoms with Crippen molar-refractivity contribution in [3.05, 3.63) is 68.9 Å². The smallest absolute Gasteiger partial charge is 0.328 e. The predicted octanol–water partition coefficient (Wildman–Crippen LogP) is 1.41. The van der Waals surface area contributed by atoms with Gasteiger partial charge in [-0.15, -0.1) is 0 Å². The van der Waals surface area contributed by atoms with E-state index in [4.69, 9.17) is 9.47 Å². The number of nitrogens with zero attached hydrogens (tertiary/aromatic N) is 1. The molecule has 8 nitrogen and oxygen atoms in total. The van der Waals surface area contributed by atoms with Crippen LogP contribution >= 0.6 is 0 Å². The number of methoxy groups -OCH3 is 2. The summed E-state index contributed by atoms with van der Waals surface area (Å²) in [4.78, 5) is 39.8. The lowest BCUT2D eigenvalue weighted by Crippen LogP contribution is -2.36. The quantitative estimate of drug-likeness (QED) is 0.642. The molecule has 0 spiro atoms. The third-order valence-electron chi connectivity index (χ3n) is 4.38. The fourth-order valence-corrected chi connectivity index (χ4v) is 2.88. The zero-order chi connectivity index (χ0) is 20.1. The number of carbonyl (C=O) groups excluding carboxylic acids is 1. The van der Waals surface area contributed by atoms with Crippen molar-refractivity contribution in [1.29, 1.82) is 0 Å². The molecule has 1 aromatic heterocycles. The van der Waals surface area contributed by atoms with E-state index in [1.165, 1.54) is 26.4 Å². The van der Waals surface area contributed by atoms with Gasteiger partial charge in [0.25, 0.3) is 5.56 Å². The van der Waals surface area contributed by atoms with Crippen molar-refractivity contribution in [1.82, 2.24) is 14.9 Å². The van der Waals surface area contributed by atoms with E-state index in [1.807, 2.05) is 30.3 Å². The van der Waals surface area contributed by atoms with Gasteiger partial charge in [0.15, 0.2) is 11.5 Å². The van der Waals surface area contributed by atoms with Crippen LogP contribution in [0.2, 0.25) is 0 Å². The van der Waals surface area contributed by atoms with Gasteiger partial charge in [0.1, 0.15) is 0 Å². The van der Waals surface area contributed by atoms with E-state index in [-0.39, 0.29) is 24.3 Å². The average molecular weight is 383 g/mol. The number of nitrogens with one attached hydrogen (secondary N) is 2. The van der Waals surface area contributed by atoms with E-state index < -0.39 is 11.2 Å². The molecule has 0 atom stereocenters. The number of benzene rings is 2. The fourth-order valence-electron chi connectivity index (χ4n) is 2.88. The number of aromatic amines is 1. The Morgan fingerprint density at radius 2 is 1.75 bits per heavy atom. The number of amides is 1. The molecule has 0 aliphatic carbocycles. The van der Waals surface area contributed by atoms with Crippen LogP contribution in [0.4, 0.5) is 0 Å². The third kappa shape index (κ3) is 4.06. The Morgan fingerprint density at radius 3 is 2.43 bits per heavy atom. The summed E-state index contributed by atoms with van der Waals surface area (Å²) < 4.78 is 11.4. The molecule has 2 N–H and O–H groups in total. The van der Waals surface area contributed by atoms with Gasteiger partial charge in [-0.1, -0.05) is 30.3 Å². The minimum absolute atomic E-state index is 0.00855. The molecule has 28 heavy (non-hydrogen) atoms. The highest BCUT2D eigenvalue weighted by molar-refractivity contribution is 5.81. The lowest BCUT2D eigenvalue weighted by molar-refractivity contribution is -0.121. The largest absolute Gasteiger partial charge is 0.493 e. The maximum absolute atomic E-state index is 12.7. The molecule has 8 heteroatoms. The summed E-state index contributed by atoms with van der Waals surface area (Å²) in [7, 11) is 2.93. The van der Waals surface area contributed by atoms with Crippen molar-refractivity contribution >= 4 is 16.8 Å².